The molecule has 0 amide bonds. The van der Waals surface area contributed by atoms with E-state index in [4.69, 9.17) is 0 Å². The Morgan fingerprint density at radius 2 is 1.63 bits per heavy atom. The average molecular weight is 264 g/mol. The van der Waals surface area contributed by atoms with Crippen molar-refractivity contribution in [2.45, 2.75) is 89.3 Å². The molecule has 0 aromatic heterocycles. The number of hydrogen-bond donors (Lipinski definition) is 1. The molecule has 3 rings (SSSR count). The summed E-state index contributed by atoms with van der Waals surface area (Å²) in [6.07, 6.45) is 14.7. The Morgan fingerprint density at radius 1 is 0.895 bits per heavy atom. The van der Waals surface area contributed by atoms with Crippen molar-refractivity contribution in [3.8, 4) is 0 Å². The summed E-state index contributed by atoms with van der Waals surface area (Å²) in [5.74, 6) is 1.05. The Morgan fingerprint density at radius 3 is 2.42 bits per heavy atom. The molecule has 2 heteroatoms. The lowest BCUT2D eigenvalue weighted by Crippen LogP contribution is -2.53. The average Bonchev–Trinajstić information content (AvgIpc) is 2.48. The van der Waals surface area contributed by atoms with Crippen LogP contribution in [0.1, 0.15) is 71.1 Å². The van der Waals surface area contributed by atoms with Crippen LogP contribution in [0.25, 0.3) is 0 Å². The van der Waals surface area contributed by atoms with E-state index in [-0.39, 0.29) is 0 Å². The van der Waals surface area contributed by atoms with Gasteiger partial charge in [-0.05, 0) is 70.4 Å². The van der Waals surface area contributed by atoms with E-state index in [2.05, 4.69) is 17.1 Å². The summed E-state index contributed by atoms with van der Waals surface area (Å²) in [5, 5.41) is 3.65. The van der Waals surface area contributed by atoms with Crippen molar-refractivity contribution in [1.82, 2.24) is 10.2 Å². The quantitative estimate of drug-likeness (QED) is 0.838. The molecule has 2 saturated carbocycles. The maximum Gasteiger partial charge on any atom is 0.0126 e. The van der Waals surface area contributed by atoms with Crippen LogP contribution in [0.2, 0.25) is 0 Å². The minimum Gasteiger partial charge on any atom is -0.314 e. The van der Waals surface area contributed by atoms with Crippen LogP contribution in [0.3, 0.4) is 0 Å². The molecule has 0 unspecified atom stereocenters. The van der Waals surface area contributed by atoms with Crippen molar-refractivity contribution in [2.75, 3.05) is 13.1 Å². The molecule has 3 fully saturated rings. The number of fused-ring (bicyclic) bond motifs is 1. The molecule has 0 aromatic rings. The van der Waals surface area contributed by atoms with Gasteiger partial charge in [0.05, 0.1) is 0 Å². The Hall–Kier alpha value is -0.0800. The minimum atomic E-state index is 0.813. The van der Waals surface area contributed by atoms with E-state index in [1.165, 1.54) is 70.8 Å². The van der Waals surface area contributed by atoms with Gasteiger partial charge >= 0.3 is 0 Å². The Balaban J connectivity index is 1.56. The zero-order valence-electron chi connectivity index (χ0n) is 12.7. The maximum absolute atomic E-state index is 3.65. The zero-order chi connectivity index (χ0) is 13.1. The van der Waals surface area contributed by atoms with Crippen molar-refractivity contribution < 1.29 is 0 Å². The van der Waals surface area contributed by atoms with E-state index in [1.54, 1.807) is 0 Å². The largest absolute Gasteiger partial charge is 0.314 e. The highest BCUT2D eigenvalue weighted by molar-refractivity contribution is 4.92. The number of rotatable bonds is 3. The van der Waals surface area contributed by atoms with Gasteiger partial charge in [0.1, 0.15) is 0 Å². The SMILES string of the molecule is CCNC1CCC(N2CCC[C@H]3CCCC[C@H]32)CC1. The van der Waals surface area contributed by atoms with E-state index < -0.39 is 0 Å². The molecule has 1 heterocycles. The van der Waals surface area contributed by atoms with Gasteiger partial charge in [0.25, 0.3) is 0 Å². The van der Waals surface area contributed by atoms with Crippen LogP contribution in [-0.4, -0.2) is 36.1 Å². The summed E-state index contributed by atoms with van der Waals surface area (Å²) in [6, 6.07) is 2.69. The van der Waals surface area contributed by atoms with Gasteiger partial charge in [-0.1, -0.05) is 19.8 Å². The van der Waals surface area contributed by atoms with Crippen LogP contribution in [0.5, 0.6) is 0 Å². The lowest BCUT2D eigenvalue weighted by Gasteiger charge is -2.49. The van der Waals surface area contributed by atoms with E-state index in [0.717, 1.165) is 30.6 Å². The van der Waals surface area contributed by atoms with Gasteiger partial charge in [-0.2, -0.15) is 0 Å². The Labute approximate surface area is 119 Å². The third kappa shape index (κ3) is 3.16. The molecule has 110 valence electrons. The first-order valence-electron chi connectivity index (χ1n) is 8.87. The molecule has 0 bridgehead atoms. The molecule has 0 spiro atoms. The molecule has 19 heavy (non-hydrogen) atoms. The number of hydrogen-bond acceptors (Lipinski definition) is 2. The van der Waals surface area contributed by atoms with Crippen molar-refractivity contribution in [1.29, 1.82) is 0 Å². The third-order valence-electron chi connectivity index (χ3n) is 5.94. The molecule has 1 aliphatic heterocycles. The lowest BCUT2D eigenvalue weighted by molar-refractivity contribution is 0.0102. The summed E-state index contributed by atoms with van der Waals surface area (Å²) in [7, 11) is 0. The Bertz CT molecular complexity index is 268. The first-order valence-corrected chi connectivity index (χ1v) is 8.87. The van der Waals surface area contributed by atoms with Crippen LogP contribution in [0.4, 0.5) is 0 Å². The molecular weight excluding hydrogens is 232 g/mol. The molecule has 2 nitrogen and oxygen atoms in total. The fourth-order valence-corrected chi connectivity index (χ4v) is 5.02. The summed E-state index contributed by atoms with van der Waals surface area (Å²) in [5.41, 5.74) is 0. The highest BCUT2D eigenvalue weighted by Gasteiger charge is 2.37. The maximum atomic E-state index is 3.65. The number of likely N-dealkylation sites (tertiary alicyclic amines) is 1. The molecule has 2 atom stereocenters. The van der Waals surface area contributed by atoms with Crippen molar-refractivity contribution in [3.05, 3.63) is 0 Å². The van der Waals surface area contributed by atoms with Crippen LogP contribution in [0.15, 0.2) is 0 Å². The van der Waals surface area contributed by atoms with Gasteiger partial charge in [0, 0.05) is 18.1 Å². The predicted molar refractivity (Wildman–Crippen MR) is 81.4 cm³/mol. The van der Waals surface area contributed by atoms with E-state index in [0.29, 0.717) is 0 Å². The first-order chi connectivity index (χ1) is 9.38. The topological polar surface area (TPSA) is 15.3 Å². The smallest absolute Gasteiger partial charge is 0.0126 e. The molecule has 2 aliphatic carbocycles. The number of piperidine rings is 1. The second-order valence-corrected chi connectivity index (χ2v) is 7.06. The normalized spacial score (nSPS) is 40.9. The molecule has 1 saturated heterocycles. The highest BCUT2D eigenvalue weighted by atomic mass is 15.2. The van der Waals surface area contributed by atoms with Gasteiger partial charge in [-0.3, -0.25) is 4.90 Å². The van der Waals surface area contributed by atoms with Crippen LogP contribution >= 0.6 is 0 Å². The predicted octanol–water partition coefficient (Wildman–Crippen LogP) is 3.56. The molecule has 0 aromatic carbocycles. The fourth-order valence-electron chi connectivity index (χ4n) is 5.02. The number of nitrogens with zero attached hydrogens (tertiary/aromatic N) is 1. The lowest BCUT2D eigenvalue weighted by atomic mass is 9.76. The van der Waals surface area contributed by atoms with E-state index in [1.807, 2.05) is 0 Å². The van der Waals surface area contributed by atoms with E-state index in [9.17, 15) is 0 Å². The van der Waals surface area contributed by atoms with Crippen LogP contribution < -0.4 is 5.32 Å². The van der Waals surface area contributed by atoms with Crippen molar-refractivity contribution in [2.24, 2.45) is 5.92 Å². The van der Waals surface area contributed by atoms with Crippen LogP contribution in [-0.2, 0) is 0 Å². The van der Waals surface area contributed by atoms with Gasteiger partial charge in [0.2, 0.25) is 0 Å². The van der Waals surface area contributed by atoms with E-state index >= 15 is 0 Å². The number of nitrogens with one attached hydrogen (secondary N) is 1. The van der Waals surface area contributed by atoms with Gasteiger partial charge < -0.3 is 5.32 Å². The van der Waals surface area contributed by atoms with Gasteiger partial charge in [0.15, 0.2) is 0 Å². The van der Waals surface area contributed by atoms with Crippen LogP contribution in [0, 0.1) is 5.92 Å². The monoisotopic (exact) mass is 264 g/mol. The van der Waals surface area contributed by atoms with Gasteiger partial charge in [-0.15, -0.1) is 0 Å². The summed E-state index contributed by atoms with van der Waals surface area (Å²) in [4.78, 5) is 2.95. The molecule has 3 aliphatic rings. The van der Waals surface area contributed by atoms with Crippen molar-refractivity contribution in [3.63, 3.8) is 0 Å². The Kier molecular flexibility index (Phi) is 4.81. The summed E-state index contributed by atoms with van der Waals surface area (Å²) in [6.45, 7) is 4.78. The summed E-state index contributed by atoms with van der Waals surface area (Å²) < 4.78 is 0. The zero-order valence-corrected chi connectivity index (χ0v) is 12.7. The summed E-state index contributed by atoms with van der Waals surface area (Å²) >= 11 is 0. The fraction of sp³-hybridized carbons (Fsp3) is 1.00. The molecule has 0 radical (unpaired) electrons. The molecule has 1 N–H and O–H groups in total. The van der Waals surface area contributed by atoms with Crippen molar-refractivity contribution >= 4 is 0 Å². The second kappa shape index (κ2) is 6.58. The standard InChI is InChI=1S/C17H32N2/c1-2-18-15-9-11-16(12-10-15)19-13-5-7-14-6-3-4-8-17(14)19/h14-18H,2-13H2,1H3/t14-,15?,16?,17-/m1/s1. The molecular formula is C17H32N2. The highest BCUT2D eigenvalue weighted by Crippen LogP contribution is 2.38. The second-order valence-electron chi connectivity index (χ2n) is 7.06. The minimum absolute atomic E-state index is 0.813. The van der Waals surface area contributed by atoms with Gasteiger partial charge in [-0.25, -0.2) is 0 Å². The first kappa shape index (κ1) is 13.9. The third-order valence-corrected chi connectivity index (χ3v) is 5.94.